The predicted molar refractivity (Wildman–Crippen MR) is 109 cm³/mol. The number of hydrogen-bond acceptors (Lipinski definition) is 1. The molecule has 0 atom stereocenters. The van der Waals surface area contributed by atoms with Gasteiger partial charge in [0.05, 0.1) is 0 Å². The molecule has 1 aliphatic rings. The van der Waals surface area contributed by atoms with E-state index in [1.807, 2.05) is 12.1 Å². The molecule has 1 aliphatic heterocycles. The summed E-state index contributed by atoms with van der Waals surface area (Å²) in [6.45, 7) is 8.76. The van der Waals surface area contributed by atoms with Gasteiger partial charge in [0.1, 0.15) is 32.7 Å². The fourth-order valence-electron chi connectivity index (χ4n) is 3.72. The fraction of sp³-hybridized carbons (Fsp3) is 0.409. The number of nitrogens with one attached hydrogen (secondary N) is 3. The number of rotatable bonds is 7. The van der Waals surface area contributed by atoms with E-state index in [0.717, 1.165) is 44.2 Å². The Morgan fingerprint density at radius 3 is 2.37 bits per heavy atom. The highest BCUT2D eigenvalue weighted by molar-refractivity contribution is 6.30. The van der Waals surface area contributed by atoms with Crippen molar-refractivity contribution in [2.24, 2.45) is 0 Å². The van der Waals surface area contributed by atoms with E-state index in [2.05, 4.69) is 48.6 Å². The van der Waals surface area contributed by atoms with E-state index >= 15 is 0 Å². The molecule has 0 aliphatic carbocycles. The largest absolute Gasteiger partial charge is 0.351 e. The molecule has 0 unspecified atom stereocenters. The molecule has 144 valence electrons. The normalized spacial score (nSPS) is 19.6. The second-order valence-electron chi connectivity index (χ2n) is 7.51. The lowest BCUT2D eigenvalue weighted by Gasteiger charge is -2.29. The van der Waals surface area contributed by atoms with Gasteiger partial charge < -0.3 is 15.1 Å². The summed E-state index contributed by atoms with van der Waals surface area (Å²) in [7, 11) is 0. The minimum absolute atomic E-state index is 0.166. The summed E-state index contributed by atoms with van der Waals surface area (Å²) < 4.78 is 0. The first-order valence-electron chi connectivity index (χ1n) is 9.83. The molecule has 2 aromatic carbocycles. The summed E-state index contributed by atoms with van der Waals surface area (Å²) in [5.41, 5.74) is 3.92. The van der Waals surface area contributed by atoms with Crippen LogP contribution in [0.15, 0.2) is 48.5 Å². The summed E-state index contributed by atoms with van der Waals surface area (Å²) in [4.78, 5) is 15.2. The highest BCUT2D eigenvalue weighted by Crippen LogP contribution is 2.08. The number of quaternary nitrogens is 2. The van der Waals surface area contributed by atoms with Crippen molar-refractivity contribution < 1.29 is 14.6 Å². The molecule has 3 rings (SSSR count). The zero-order valence-corrected chi connectivity index (χ0v) is 16.8. The van der Waals surface area contributed by atoms with Crippen LogP contribution in [0, 0.1) is 6.92 Å². The molecule has 1 fully saturated rings. The number of aryl methyl sites for hydroxylation is 1. The van der Waals surface area contributed by atoms with Crippen LogP contribution < -0.4 is 15.1 Å². The lowest BCUT2D eigenvalue weighted by Crippen LogP contribution is -3.28. The monoisotopic (exact) mass is 387 g/mol. The molecule has 2 aromatic rings. The van der Waals surface area contributed by atoms with Crippen molar-refractivity contribution in [3.63, 3.8) is 0 Å². The Morgan fingerprint density at radius 2 is 1.67 bits per heavy atom. The summed E-state index contributed by atoms with van der Waals surface area (Å²) in [6, 6.07) is 16.5. The third kappa shape index (κ3) is 6.35. The second kappa shape index (κ2) is 9.88. The van der Waals surface area contributed by atoms with Gasteiger partial charge in [0.15, 0.2) is 6.54 Å². The second-order valence-corrected chi connectivity index (χ2v) is 7.94. The van der Waals surface area contributed by atoms with Crippen molar-refractivity contribution in [3.8, 4) is 0 Å². The van der Waals surface area contributed by atoms with Crippen molar-refractivity contribution >= 4 is 17.5 Å². The van der Waals surface area contributed by atoms with E-state index in [0.29, 0.717) is 13.1 Å². The number of hydrogen-bond donors (Lipinski definition) is 3. The number of piperazine rings is 1. The third-order valence-electron chi connectivity index (χ3n) is 5.42. The molecule has 0 radical (unpaired) electrons. The van der Waals surface area contributed by atoms with Crippen molar-refractivity contribution in [2.45, 2.75) is 19.9 Å². The lowest BCUT2D eigenvalue weighted by atomic mass is 10.1. The van der Waals surface area contributed by atoms with Gasteiger partial charge in [0, 0.05) is 17.1 Å². The predicted octanol–water partition coefficient (Wildman–Crippen LogP) is 0.291. The number of amides is 1. The first kappa shape index (κ1) is 19.9. The summed E-state index contributed by atoms with van der Waals surface area (Å²) in [5.74, 6) is 0.166. The van der Waals surface area contributed by atoms with Crippen LogP contribution in [0.1, 0.15) is 16.7 Å². The molecule has 1 heterocycles. The first-order chi connectivity index (χ1) is 13.1. The van der Waals surface area contributed by atoms with Crippen LogP contribution in [-0.4, -0.2) is 45.2 Å². The van der Waals surface area contributed by atoms with Crippen LogP contribution >= 0.6 is 11.6 Å². The van der Waals surface area contributed by atoms with E-state index in [-0.39, 0.29) is 5.91 Å². The van der Waals surface area contributed by atoms with Gasteiger partial charge in [-0.25, -0.2) is 0 Å². The number of benzene rings is 2. The Kier molecular flexibility index (Phi) is 7.27. The molecule has 0 saturated carbocycles. The van der Waals surface area contributed by atoms with Crippen LogP contribution in [0.4, 0.5) is 0 Å². The molecule has 3 N–H and O–H groups in total. The SMILES string of the molecule is Cc1ccccc1CCNC(=O)C[NH+]1CC[NH+](Cc2ccc(Cl)cc2)CC1. The Balaban J connectivity index is 1.34. The maximum absolute atomic E-state index is 12.2. The van der Waals surface area contributed by atoms with Gasteiger partial charge in [-0.2, -0.15) is 0 Å². The molecule has 5 heteroatoms. The standard InChI is InChI=1S/C22H28ClN3O/c1-18-4-2-3-5-20(18)10-11-24-22(27)17-26-14-12-25(13-15-26)16-19-6-8-21(23)9-7-19/h2-9H,10-17H2,1H3,(H,24,27)/p+2. The number of carbonyl (C=O) groups excluding carboxylic acids is 1. The van der Waals surface area contributed by atoms with E-state index in [9.17, 15) is 4.79 Å². The van der Waals surface area contributed by atoms with Crippen molar-refractivity contribution in [3.05, 3.63) is 70.2 Å². The van der Waals surface area contributed by atoms with Gasteiger partial charge in [0.2, 0.25) is 0 Å². The Bertz CT molecular complexity index is 739. The fourth-order valence-corrected chi connectivity index (χ4v) is 3.84. The minimum atomic E-state index is 0.166. The van der Waals surface area contributed by atoms with Gasteiger partial charge in [-0.3, -0.25) is 4.79 Å². The molecule has 0 aromatic heterocycles. The molecule has 27 heavy (non-hydrogen) atoms. The van der Waals surface area contributed by atoms with Crippen molar-refractivity contribution in [2.75, 3.05) is 39.3 Å². The van der Waals surface area contributed by atoms with Crippen LogP contribution in [-0.2, 0) is 17.8 Å². The molecule has 1 amide bonds. The Morgan fingerprint density at radius 1 is 1.00 bits per heavy atom. The summed E-state index contributed by atoms with van der Waals surface area (Å²) in [6.07, 6.45) is 0.896. The molecule has 4 nitrogen and oxygen atoms in total. The maximum Gasteiger partial charge on any atom is 0.275 e. The van der Waals surface area contributed by atoms with E-state index in [1.54, 1.807) is 4.90 Å². The lowest BCUT2D eigenvalue weighted by molar-refractivity contribution is -1.02. The van der Waals surface area contributed by atoms with E-state index in [1.165, 1.54) is 21.6 Å². The van der Waals surface area contributed by atoms with Crippen LogP contribution in [0.25, 0.3) is 0 Å². The van der Waals surface area contributed by atoms with Gasteiger partial charge in [-0.15, -0.1) is 0 Å². The Labute approximate surface area is 167 Å². The molecule has 1 saturated heterocycles. The Hall–Kier alpha value is -1.88. The van der Waals surface area contributed by atoms with Gasteiger partial charge >= 0.3 is 0 Å². The van der Waals surface area contributed by atoms with Gasteiger partial charge in [0.25, 0.3) is 5.91 Å². The highest BCUT2D eigenvalue weighted by Gasteiger charge is 2.24. The smallest absolute Gasteiger partial charge is 0.275 e. The molecule has 0 spiro atoms. The van der Waals surface area contributed by atoms with Crippen molar-refractivity contribution in [1.82, 2.24) is 5.32 Å². The van der Waals surface area contributed by atoms with Gasteiger partial charge in [-0.05, 0) is 36.6 Å². The zero-order chi connectivity index (χ0) is 19.1. The quantitative estimate of drug-likeness (QED) is 0.627. The number of carbonyl (C=O) groups is 1. The molecule has 0 bridgehead atoms. The van der Waals surface area contributed by atoms with Crippen LogP contribution in [0.3, 0.4) is 0 Å². The number of halogens is 1. The van der Waals surface area contributed by atoms with Crippen molar-refractivity contribution in [1.29, 1.82) is 0 Å². The highest BCUT2D eigenvalue weighted by atomic mass is 35.5. The third-order valence-corrected chi connectivity index (χ3v) is 5.67. The minimum Gasteiger partial charge on any atom is -0.351 e. The maximum atomic E-state index is 12.2. The molecular formula is C22H30ClN3O+2. The van der Waals surface area contributed by atoms with Crippen LogP contribution in [0.5, 0.6) is 0 Å². The topological polar surface area (TPSA) is 38.0 Å². The zero-order valence-electron chi connectivity index (χ0n) is 16.1. The average molecular weight is 388 g/mol. The summed E-state index contributed by atoms with van der Waals surface area (Å²) >= 11 is 5.95. The van der Waals surface area contributed by atoms with E-state index in [4.69, 9.17) is 11.6 Å². The van der Waals surface area contributed by atoms with E-state index < -0.39 is 0 Å². The summed E-state index contributed by atoms with van der Waals surface area (Å²) in [5, 5.41) is 3.87. The van der Waals surface area contributed by atoms with Gasteiger partial charge in [-0.1, -0.05) is 48.0 Å². The molecular weight excluding hydrogens is 358 g/mol. The van der Waals surface area contributed by atoms with Crippen LogP contribution in [0.2, 0.25) is 5.02 Å². The average Bonchev–Trinajstić information content (AvgIpc) is 2.67. The first-order valence-corrected chi connectivity index (χ1v) is 10.2.